The summed E-state index contributed by atoms with van der Waals surface area (Å²) in [5, 5.41) is 9.83. The van der Waals surface area contributed by atoms with Crippen LogP contribution >= 0.6 is 0 Å². The molecule has 1 atom stereocenters. The Morgan fingerprint density at radius 2 is 2.10 bits per heavy atom. The first-order valence-corrected chi connectivity index (χ1v) is 9.53. The molecule has 0 spiro atoms. The summed E-state index contributed by atoms with van der Waals surface area (Å²) in [5.74, 6) is 0.155. The molecule has 0 fully saturated rings. The van der Waals surface area contributed by atoms with Crippen LogP contribution in [0.25, 0.3) is 0 Å². The number of amides is 2. The predicted molar refractivity (Wildman–Crippen MR) is 114 cm³/mol. The minimum absolute atomic E-state index is 0.0989. The number of hydrogen-bond donors (Lipinski definition) is 3. The SMILES string of the molecule is CCCOc1cccnc1C(=O)Nc1cccc(C2CC(=O)N(C)C(N)=N2)c1.CO. The molecule has 9 heteroatoms. The lowest BCUT2D eigenvalue weighted by Crippen LogP contribution is -2.42. The number of ether oxygens (including phenoxy) is 1. The van der Waals surface area contributed by atoms with Crippen molar-refractivity contribution in [3.05, 3.63) is 53.9 Å². The molecule has 1 aliphatic rings. The van der Waals surface area contributed by atoms with Crippen LogP contribution in [0.4, 0.5) is 5.69 Å². The molecular weight excluding hydrogens is 386 g/mol. The van der Waals surface area contributed by atoms with Crippen molar-refractivity contribution in [1.82, 2.24) is 9.88 Å². The minimum Gasteiger partial charge on any atom is -0.491 e. The molecule has 0 saturated carbocycles. The van der Waals surface area contributed by atoms with E-state index >= 15 is 0 Å². The van der Waals surface area contributed by atoms with E-state index in [4.69, 9.17) is 15.6 Å². The molecule has 0 bridgehead atoms. The summed E-state index contributed by atoms with van der Waals surface area (Å²) in [7, 11) is 2.60. The maximum atomic E-state index is 12.7. The van der Waals surface area contributed by atoms with Gasteiger partial charge in [0.2, 0.25) is 5.91 Å². The first kappa shape index (κ1) is 22.8. The van der Waals surface area contributed by atoms with Gasteiger partial charge in [-0.1, -0.05) is 19.1 Å². The molecule has 1 unspecified atom stereocenters. The molecule has 1 aliphatic heterocycles. The number of aliphatic imine (C=N–C) groups is 1. The molecule has 1 aromatic heterocycles. The highest BCUT2D eigenvalue weighted by atomic mass is 16.5. The van der Waals surface area contributed by atoms with E-state index in [-0.39, 0.29) is 35.9 Å². The first-order chi connectivity index (χ1) is 14.5. The number of nitrogens with zero attached hydrogens (tertiary/aromatic N) is 3. The Balaban J connectivity index is 0.00000155. The summed E-state index contributed by atoms with van der Waals surface area (Å²) in [6.07, 6.45) is 2.60. The Labute approximate surface area is 175 Å². The number of pyridine rings is 1. The number of anilines is 1. The monoisotopic (exact) mass is 413 g/mol. The average molecular weight is 413 g/mol. The number of rotatable bonds is 6. The van der Waals surface area contributed by atoms with Gasteiger partial charge in [-0.05, 0) is 36.2 Å². The van der Waals surface area contributed by atoms with Gasteiger partial charge in [0, 0.05) is 26.0 Å². The summed E-state index contributed by atoms with van der Waals surface area (Å²) >= 11 is 0. The number of aromatic nitrogens is 1. The second-order valence-corrected chi connectivity index (χ2v) is 6.44. The fraction of sp³-hybridized carbons (Fsp3) is 0.333. The van der Waals surface area contributed by atoms with Gasteiger partial charge in [-0.3, -0.25) is 14.5 Å². The molecule has 160 valence electrons. The van der Waals surface area contributed by atoms with E-state index in [1.807, 2.05) is 13.0 Å². The van der Waals surface area contributed by atoms with Crippen molar-refractivity contribution in [2.45, 2.75) is 25.8 Å². The van der Waals surface area contributed by atoms with Crippen LogP contribution in [0, 0.1) is 0 Å². The molecule has 0 aliphatic carbocycles. The zero-order valence-corrected chi connectivity index (χ0v) is 17.3. The normalized spacial score (nSPS) is 15.6. The van der Waals surface area contributed by atoms with Gasteiger partial charge >= 0.3 is 0 Å². The molecule has 2 amide bonds. The largest absolute Gasteiger partial charge is 0.491 e. The van der Waals surface area contributed by atoms with E-state index in [9.17, 15) is 9.59 Å². The molecule has 2 aromatic rings. The molecule has 9 nitrogen and oxygen atoms in total. The third-order valence-electron chi connectivity index (χ3n) is 4.35. The number of aliphatic hydroxyl groups excluding tert-OH is 1. The third kappa shape index (κ3) is 5.54. The summed E-state index contributed by atoms with van der Waals surface area (Å²) in [6.45, 7) is 2.50. The Hall–Kier alpha value is -3.46. The number of hydrogen-bond acceptors (Lipinski definition) is 7. The van der Waals surface area contributed by atoms with E-state index in [0.29, 0.717) is 18.0 Å². The van der Waals surface area contributed by atoms with Crippen LogP contribution in [0.5, 0.6) is 5.75 Å². The number of nitrogens with one attached hydrogen (secondary N) is 1. The van der Waals surface area contributed by atoms with Crippen LogP contribution in [0.3, 0.4) is 0 Å². The summed E-state index contributed by atoms with van der Waals surface area (Å²) in [6, 6.07) is 10.3. The third-order valence-corrected chi connectivity index (χ3v) is 4.35. The van der Waals surface area contributed by atoms with Gasteiger partial charge < -0.3 is 20.9 Å². The van der Waals surface area contributed by atoms with E-state index in [1.165, 1.54) is 4.90 Å². The average Bonchev–Trinajstić information content (AvgIpc) is 2.77. The van der Waals surface area contributed by atoms with Crippen molar-refractivity contribution in [3.8, 4) is 5.75 Å². The van der Waals surface area contributed by atoms with Crippen molar-refractivity contribution >= 4 is 23.5 Å². The maximum absolute atomic E-state index is 12.7. The molecule has 4 N–H and O–H groups in total. The molecule has 1 aromatic carbocycles. The molecule has 0 saturated heterocycles. The van der Waals surface area contributed by atoms with E-state index < -0.39 is 0 Å². The minimum atomic E-state index is -0.376. The Morgan fingerprint density at radius 1 is 1.33 bits per heavy atom. The lowest BCUT2D eigenvalue weighted by Gasteiger charge is -2.25. The van der Waals surface area contributed by atoms with Gasteiger partial charge in [0.1, 0.15) is 0 Å². The number of nitrogens with two attached hydrogens (primary N) is 1. The maximum Gasteiger partial charge on any atom is 0.278 e. The van der Waals surface area contributed by atoms with Gasteiger partial charge in [-0.15, -0.1) is 0 Å². The highest BCUT2D eigenvalue weighted by Gasteiger charge is 2.26. The number of aliphatic hydroxyl groups is 1. The van der Waals surface area contributed by atoms with E-state index in [1.54, 1.807) is 43.6 Å². The smallest absolute Gasteiger partial charge is 0.278 e. The lowest BCUT2D eigenvalue weighted by molar-refractivity contribution is -0.127. The molecular formula is C21H27N5O4. The standard InChI is InChI=1S/C20H23N5O3.CH4O/c1-3-10-28-16-8-5-9-22-18(16)19(27)23-14-7-4-6-13(11-14)15-12-17(26)25(2)20(21)24-15;1-2/h4-9,11,15H,3,10,12H2,1-2H3,(H2,21,24)(H,23,27);2H,1H3. The lowest BCUT2D eigenvalue weighted by atomic mass is 10.0. The van der Waals surface area contributed by atoms with Crippen LogP contribution < -0.4 is 15.8 Å². The van der Waals surface area contributed by atoms with Gasteiger partial charge in [-0.2, -0.15) is 0 Å². The number of carbonyl (C=O) groups excluding carboxylic acids is 2. The number of guanidine groups is 1. The Morgan fingerprint density at radius 3 is 2.80 bits per heavy atom. The van der Waals surface area contributed by atoms with Crippen LogP contribution in [0.1, 0.15) is 41.9 Å². The summed E-state index contributed by atoms with van der Waals surface area (Å²) in [4.78, 5) is 34.5. The van der Waals surface area contributed by atoms with Gasteiger partial charge in [0.15, 0.2) is 17.4 Å². The molecule has 2 heterocycles. The zero-order valence-electron chi connectivity index (χ0n) is 17.3. The van der Waals surface area contributed by atoms with Gasteiger partial charge in [-0.25, -0.2) is 9.98 Å². The second-order valence-electron chi connectivity index (χ2n) is 6.44. The first-order valence-electron chi connectivity index (χ1n) is 9.53. The van der Waals surface area contributed by atoms with Crippen molar-refractivity contribution in [1.29, 1.82) is 0 Å². The van der Waals surface area contributed by atoms with Crippen molar-refractivity contribution in [2.75, 3.05) is 26.1 Å². The van der Waals surface area contributed by atoms with Crippen LogP contribution in [-0.4, -0.2) is 53.5 Å². The highest BCUT2D eigenvalue weighted by molar-refractivity contribution is 6.04. The van der Waals surface area contributed by atoms with Crippen LogP contribution in [0.2, 0.25) is 0 Å². The van der Waals surface area contributed by atoms with Crippen LogP contribution in [0.15, 0.2) is 47.6 Å². The number of benzene rings is 1. The van der Waals surface area contributed by atoms with Crippen molar-refractivity contribution < 1.29 is 19.4 Å². The van der Waals surface area contributed by atoms with Crippen molar-refractivity contribution in [3.63, 3.8) is 0 Å². The summed E-state index contributed by atoms with van der Waals surface area (Å²) in [5.41, 5.74) is 7.41. The fourth-order valence-electron chi connectivity index (χ4n) is 2.82. The van der Waals surface area contributed by atoms with E-state index in [2.05, 4.69) is 15.3 Å². The second kappa shape index (κ2) is 10.9. The fourth-order valence-corrected chi connectivity index (χ4v) is 2.82. The molecule has 30 heavy (non-hydrogen) atoms. The Kier molecular flexibility index (Phi) is 8.30. The summed E-state index contributed by atoms with van der Waals surface area (Å²) < 4.78 is 5.60. The molecule has 0 radical (unpaired) electrons. The Bertz CT molecular complexity index is 916. The topological polar surface area (TPSA) is 130 Å². The van der Waals surface area contributed by atoms with E-state index in [0.717, 1.165) is 19.1 Å². The van der Waals surface area contributed by atoms with Gasteiger partial charge in [0.05, 0.1) is 19.1 Å². The van der Waals surface area contributed by atoms with Crippen LogP contribution in [-0.2, 0) is 4.79 Å². The highest BCUT2D eigenvalue weighted by Crippen LogP contribution is 2.27. The van der Waals surface area contributed by atoms with Gasteiger partial charge in [0.25, 0.3) is 5.91 Å². The molecule has 3 rings (SSSR count). The quantitative estimate of drug-likeness (QED) is 0.664. The number of carbonyl (C=O) groups is 2. The predicted octanol–water partition coefficient (Wildman–Crippen LogP) is 1.95. The zero-order chi connectivity index (χ0) is 22.1. The van der Waals surface area contributed by atoms with Crippen molar-refractivity contribution in [2.24, 2.45) is 10.7 Å².